The molecule has 1 saturated heterocycles. The van der Waals surface area contributed by atoms with Crippen molar-refractivity contribution < 1.29 is 0 Å². The van der Waals surface area contributed by atoms with Crippen molar-refractivity contribution in [2.24, 2.45) is 11.8 Å². The molecule has 2 fully saturated rings. The molecule has 0 aromatic carbocycles. The molecule has 2 unspecified atom stereocenters. The summed E-state index contributed by atoms with van der Waals surface area (Å²) >= 11 is 0. The predicted octanol–water partition coefficient (Wildman–Crippen LogP) is 1.74. The summed E-state index contributed by atoms with van der Waals surface area (Å²) in [5.74, 6) is 2.18. The lowest BCUT2D eigenvalue weighted by Crippen LogP contribution is -2.35. The van der Waals surface area contributed by atoms with Crippen LogP contribution in [0.5, 0.6) is 0 Å². The summed E-state index contributed by atoms with van der Waals surface area (Å²) in [5, 5.41) is 0. The summed E-state index contributed by atoms with van der Waals surface area (Å²) in [6, 6.07) is 0. The number of hydrogen-bond donors (Lipinski definition) is 0. The molecule has 1 heteroatoms. The molecular weight excluding hydrogens is 122 g/mol. The van der Waals surface area contributed by atoms with Crippen LogP contribution in [0.3, 0.4) is 0 Å². The van der Waals surface area contributed by atoms with Crippen molar-refractivity contribution in [3.05, 3.63) is 0 Å². The van der Waals surface area contributed by atoms with Gasteiger partial charge < -0.3 is 4.90 Å². The highest BCUT2D eigenvalue weighted by Crippen LogP contribution is 2.36. The molecule has 0 N–H and O–H groups in total. The molecule has 0 aromatic rings. The Morgan fingerprint density at radius 1 is 1.10 bits per heavy atom. The molecule has 1 saturated carbocycles. The minimum absolute atomic E-state index is 1.07. The van der Waals surface area contributed by atoms with Gasteiger partial charge in [0.1, 0.15) is 0 Å². The van der Waals surface area contributed by atoms with Crippen LogP contribution in [-0.2, 0) is 0 Å². The highest BCUT2D eigenvalue weighted by atomic mass is 15.1. The SMILES string of the molecule is CN1CCC2CCCC2C1. The molecule has 2 rings (SSSR count). The van der Waals surface area contributed by atoms with Crippen LogP contribution in [0.4, 0.5) is 0 Å². The molecule has 58 valence electrons. The van der Waals surface area contributed by atoms with Crippen molar-refractivity contribution in [3.8, 4) is 0 Å². The lowest BCUT2D eigenvalue weighted by molar-refractivity contribution is 0.166. The van der Waals surface area contributed by atoms with E-state index in [9.17, 15) is 0 Å². The zero-order valence-electron chi connectivity index (χ0n) is 6.84. The average Bonchev–Trinajstić information content (AvgIpc) is 2.33. The van der Waals surface area contributed by atoms with Crippen LogP contribution in [0.25, 0.3) is 0 Å². The largest absolute Gasteiger partial charge is 0.306 e. The molecule has 0 amide bonds. The summed E-state index contributed by atoms with van der Waals surface area (Å²) in [7, 11) is 2.26. The van der Waals surface area contributed by atoms with E-state index in [0.717, 1.165) is 11.8 Å². The van der Waals surface area contributed by atoms with Gasteiger partial charge in [0.05, 0.1) is 0 Å². The molecule has 1 nitrogen and oxygen atoms in total. The van der Waals surface area contributed by atoms with E-state index in [4.69, 9.17) is 0 Å². The number of likely N-dealkylation sites (tertiary alicyclic amines) is 1. The number of piperidine rings is 1. The monoisotopic (exact) mass is 139 g/mol. The van der Waals surface area contributed by atoms with E-state index >= 15 is 0 Å². The maximum Gasteiger partial charge on any atom is 0.000926 e. The normalized spacial score (nSPS) is 41.7. The maximum atomic E-state index is 2.49. The third-order valence-electron chi connectivity index (χ3n) is 3.24. The van der Waals surface area contributed by atoms with Gasteiger partial charge in [-0.3, -0.25) is 0 Å². The van der Waals surface area contributed by atoms with Gasteiger partial charge in [0.15, 0.2) is 0 Å². The van der Waals surface area contributed by atoms with Crippen LogP contribution < -0.4 is 0 Å². The maximum absolute atomic E-state index is 2.49. The van der Waals surface area contributed by atoms with Crippen LogP contribution >= 0.6 is 0 Å². The molecular formula is C9H17N. The first-order valence-corrected chi connectivity index (χ1v) is 4.55. The minimum Gasteiger partial charge on any atom is -0.306 e. The first-order valence-electron chi connectivity index (χ1n) is 4.55. The molecule has 1 heterocycles. The standard InChI is InChI=1S/C9H17N/c1-10-6-5-8-3-2-4-9(8)7-10/h8-9H,2-7H2,1H3. The van der Waals surface area contributed by atoms with Gasteiger partial charge in [0, 0.05) is 6.54 Å². The molecule has 2 aliphatic rings. The average molecular weight is 139 g/mol. The van der Waals surface area contributed by atoms with Gasteiger partial charge >= 0.3 is 0 Å². The predicted molar refractivity (Wildman–Crippen MR) is 42.9 cm³/mol. The number of rotatable bonds is 0. The second-order valence-corrected chi connectivity index (χ2v) is 4.00. The van der Waals surface area contributed by atoms with Crippen molar-refractivity contribution >= 4 is 0 Å². The van der Waals surface area contributed by atoms with Crippen molar-refractivity contribution in [3.63, 3.8) is 0 Å². The van der Waals surface area contributed by atoms with Crippen LogP contribution in [0.1, 0.15) is 25.7 Å². The van der Waals surface area contributed by atoms with Gasteiger partial charge in [-0.1, -0.05) is 12.8 Å². The summed E-state index contributed by atoms with van der Waals surface area (Å²) < 4.78 is 0. The molecule has 0 radical (unpaired) electrons. The zero-order valence-corrected chi connectivity index (χ0v) is 6.84. The molecule has 2 atom stereocenters. The Kier molecular flexibility index (Phi) is 1.69. The third-order valence-corrected chi connectivity index (χ3v) is 3.24. The van der Waals surface area contributed by atoms with Crippen LogP contribution in [-0.4, -0.2) is 25.0 Å². The van der Waals surface area contributed by atoms with E-state index in [1.165, 1.54) is 38.8 Å². The van der Waals surface area contributed by atoms with Gasteiger partial charge in [0.2, 0.25) is 0 Å². The van der Waals surface area contributed by atoms with E-state index < -0.39 is 0 Å². The fourth-order valence-electron chi connectivity index (χ4n) is 2.61. The van der Waals surface area contributed by atoms with Crippen molar-refractivity contribution in [1.29, 1.82) is 0 Å². The summed E-state index contributed by atoms with van der Waals surface area (Å²) in [6.45, 7) is 2.73. The van der Waals surface area contributed by atoms with E-state index in [2.05, 4.69) is 11.9 Å². The fraction of sp³-hybridized carbons (Fsp3) is 1.00. The lowest BCUT2D eigenvalue weighted by atomic mass is 9.89. The summed E-state index contributed by atoms with van der Waals surface area (Å²) in [6.07, 6.45) is 6.01. The Labute approximate surface area is 63.4 Å². The van der Waals surface area contributed by atoms with Crippen molar-refractivity contribution in [2.45, 2.75) is 25.7 Å². The Bertz CT molecular complexity index is 122. The molecule has 0 aromatic heterocycles. The first kappa shape index (κ1) is 6.66. The summed E-state index contributed by atoms with van der Waals surface area (Å²) in [4.78, 5) is 2.49. The molecule has 1 aliphatic carbocycles. The Morgan fingerprint density at radius 2 is 1.90 bits per heavy atom. The van der Waals surface area contributed by atoms with Gasteiger partial charge in [-0.2, -0.15) is 0 Å². The second kappa shape index (κ2) is 2.54. The Hall–Kier alpha value is -0.0400. The number of hydrogen-bond acceptors (Lipinski definition) is 1. The Balaban J connectivity index is 1.96. The van der Waals surface area contributed by atoms with Crippen LogP contribution in [0.15, 0.2) is 0 Å². The van der Waals surface area contributed by atoms with Gasteiger partial charge in [-0.15, -0.1) is 0 Å². The van der Waals surface area contributed by atoms with Crippen molar-refractivity contribution in [2.75, 3.05) is 20.1 Å². The quantitative estimate of drug-likeness (QED) is 0.494. The van der Waals surface area contributed by atoms with E-state index in [1.54, 1.807) is 0 Å². The third kappa shape index (κ3) is 1.07. The van der Waals surface area contributed by atoms with E-state index in [0.29, 0.717) is 0 Å². The highest BCUT2D eigenvalue weighted by molar-refractivity contribution is 4.83. The molecule has 0 spiro atoms. The molecule has 10 heavy (non-hydrogen) atoms. The fourth-order valence-corrected chi connectivity index (χ4v) is 2.61. The van der Waals surface area contributed by atoms with Crippen LogP contribution in [0, 0.1) is 11.8 Å². The first-order chi connectivity index (χ1) is 4.86. The topological polar surface area (TPSA) is 3.24 Å². The van der Waals surface area contributed by atoms with Crippen LogP contribution in [0.2, 0.25) is 0 Å². The molecule has 1 aliphatic heterocycles. The Morgan fingerprint density at radius 3 is 2.80 bits per heavy atom. The van der Waals surface area contributed by atoms with Gasteiger partial charge in [-0.25, -0.2) is 0 Å². The van der Waals surface area contributed by atoms with Gasteiger partial charge in [-0.05, 0) is 38.3 Å². The van der Waals surface area contributed by atoms with E-state index in [-0.39, 0.29) is 0 Å². The van der Waals surface area contributed by atoms with E-state index in [1.807, 2.05) is 0 Å². The van der Waals surface area contributed by atoms with Crippen molar-refractivity contribution in [1.82, 2.24) is 4.90 Å². The number of nitrogens with zero attached hydrogens (tertiary/aromatic N) is 1. The summed E-state index contributed by atoms with van der Waals surface area (Å²) in [5.41, 5.74) is 0. The minimum atomic E-state index is 1.07. The number of fused-ring (bicyclic) bond motifs is 1. The zero-order chi connectivity index (χ0) is 6.97. The molecule has 0 bridgehead atoms. The lowest BCUT2D eigenvalue weighted by Gasteiger charge is -2.32. The smallest absolute Gasteiger partial charge is 0.000926 e. The van der Waals surface area contributed by atoms with Gasteiger partial charge in [0.25, 0.3) is 0 Å². The highest BCUT2D eigenvalue weighted by Gasteiger charge is 2.31. The second-order valence-electron chi connectivity index (χ2n) is 4.00.